The normalized spacial score (nSPS) is 11.6. The molecule has 0 bridgehead atoms. The fourth-order valence-electron chi connectivity index (χ4n) is 7.59. The first kappa shape index (κ1) is 28.4. The molecule has 0 aliphatic heterocycles. The molecule has 0 aliphatic rings. The van der Waals surface area contributed by atoms with Crippen molar-refractivity contribution in [2.24, 2.45) is 0 Å². The van der Waals surface area contributed by atoms with Crippen molar-refractivity contribution in [2.45, 2.75) is 0 Å². The van der Waals surface area contributed by atoms with Crippen molar-refractivity contribution >= 4 is 71.3 Å². The molecule has 0 fully saturated rings. The number of para-hydroxylation sites is 1. The average molecular weight is 638 g/mol. The number of benzene rings is 9. The van der Waals surface area contributed by atoms with Crippen LogP contribution in [0, 0.1) is 0 Å². The molecular formula is C48H31NO. The molecule has 0 N–H and O–H groups in total. The van der Waals surface area contributed by atoms with Crippen LogP contribution in [-0.2, 0) is 0 Å². The molecule has 0 saturated heterocycles. The molecule has 0 radical (unpaired) electrons. The maximum atomic E-state index is 6.63. The zero-order valence-corrected chi connectivity index (χ0v) is 27.3. The van der Waals surface area contributed by atoms with Crippen molar-refractivity contribution in [3.63, 3.8) is 0 Å². The zero-order valence-electron chi connectivity index (χ0n) is 27.3. The Kier molecular flexibility index (Phi) is 6.53. The monoisotopic (exact) mass is 637 g/mol. The van der Waals surface area contributed by atoms with Crippen LogP contribution >= 0.6 is 0 Å². The van der Waals surface area contributed by atoms with E-state index in [1.54, 1.807) is 0 Å². The maximum Gasteiger partial charge on any atom is 0.145 e. The molecule has 0 aliphatic carbocycles. The SMILES string of the molecule is c1ccc(-c2cccc(N(c3ccc(-c4ccc5c(ccc6ccccc65)c4)cc3)c3cc4ccccc4c4oc5ccccc5c34)c2)cc1. The molecule has 1 heterocycles. The lowest BCUT2D eigenvalue weighted by atomic mass is 9.97. The second-order valence-corrected chi connectivity index (χ2v) is 12.9. The van der Waals surface area contributed by atoms with E-state index in [0.717, 1.165) is 49.8 Å². The van der Waals surface area contributed by atoms with Gasteiger partial charge >= 0.3 is 0 Å². The molecule has 50 heavy (non-hydrogen) atoms. The molecule has 10 rings (SSSR count). The number of rotatable bonds is 5. The molecule has 0 spiro atoms. The summed E-state index contributed by atoms with van der Waals surface area (Å²) in [6.45, 7) is 0. The Morgan fingerprint density at radius 1 is 0.340 bits per heavy atom. The Labute approximate surface area is 290 Å². The van der Waals surface area contributed by atoms with Crippen LogP contribution in [0.5, 0.6) is 0 Å². The zero-order chi connectivity index (χ0) is 33.0. The molecule has 0 saturated carbocycles. The average Bonchev–Trinajstić information content (AvgIpc) is 3.59. The van der Waals surface area contributed by atoms with Gasteiger partial charge in [0.05, 0.1) is 11.1 Å². The number of fused-ring (bicyclic) bond motifs is 8. The highest BCUT2D eigenvalue weighted by Crippen LogP contribution is 2.46. The van der Waals surface area contributed by atoms with Crippen LogP contribution in [-0.4, -0.2) is 0 Å². The number of hydrogen-bond acceptors (Lipinski definition) is 2. The van der Waals surface area contributed by atoms with Gasteiger partial charge in [-0.05, 0) is 91.6 Å². The van der Waals surface area contributed by atoms with E-state index >= 15 is 0 Å². The van der Waals surface area contributed by atoms with Crippen molar-refractivity contribution in [3.05, 3.63) is 188 Å². The Morgan fingerprint density at radius 3 is 1.80 bits per heavy atom. The molecular weight excluding hydrogens is 607 g/mol. The van der Waals surface area contributed by atoms with E-state index in [0.29, 0.717) is 0 Å². The van der Waals surface area contributed by atoms with Crippen molar-refractivity contribution in [1.29, 1.82) is 0 Å². The van der Waals surface area contributed by atoms with E-state index < -0.39 is 0 Å². The van der Waals surface area contributed by atoms with Crippen LogP contribution in [0.15, 0.2) is 192 Å². The van der Waals surface area contributed by atoms with Gasteiger partial charge in [0.15, 0.2) is 0 Å². The number of furan rings is 1. The summed E-state index contributed by atoms with van der Waals surface area (Å²) in [5.74, 6) is 0. The Bertz CT molecular complexity index is 2870. The third-order valence-corrected chi connectivity index (χ3v) is 10.0. The van der Waals surface area contributed by atoms with Gasteiger partial charge in [0.25, 0.3) is 0 Å². The van der Waals surface area contributed by atoms with Crippen LogP contribution in [0.4, 0.5) is 17.1 Å². The van der Waals surface area contributed by atoms with Crippen molar-refractivity contribution in [2.75, 3.05) is 4.90 Å². The maximum absolute atomic E-state index is 6.63. The molecule has 10 aromatic rings. The molecule has 0 atom stereocenters. The molecule has 1 aromatic heterocycles. The fourth-order valence-corrected chi connectivity index (χ4v) is 7.59. The second kappa shape index (κ2) is 11.5. The minimum Gasteiger partial charge on any atom is -0.455 e. The summed E-state index contributed by atoms with van der Waals surface area (Å²) in [6, 6.07) is 67.5. The predicted octanol–water partition coefficient (Wildman–Crippen LogP) is 13.8. The Morgan fingerprint density at radius 2 is 0.940 bits per heavy atom. The standard InChI is InChI=1S/C48H31NO/c1-2-11-32(12-3-1)35-15-10-16-40(30-35)49(45-31-37-14-5-7-18-43(37)48-47(45)44-19-8-9-20-46(44)50-48)39-26-23-33(24-27-39)36-25-28-42-38(29-36)22-21-34-13-4-6-17-41(34)42/h1-31H. The van der Waals surface area contributed by atoms with Crippen molar-refractivity contribution in [1.82, 2.24) is 0 Å². The Hall–Kier alpha value is -6.64. The van der Waals surface area contributed by atoms with Gasteiger partial charge in [-0.3, -0.25) is 0 Å². The molecule has 0 unspecified atom stereocenters. The smallest absolute Gasteiger partial charge is 0.145 e. The van der Waals surface area contributed by atoms with Gasteiger partial charge < -0.3 is 9.32 Å². The van der Waals surface area contributed by atoms with Gasteiger partial charge in [-0.15, -0.1) is 0 Å². The van der Waals surface area contributed by atoms with Crippen LogP contribution in [0.1, 0.15) is 0 Å². The summed E-state index contributed by atoms with van der Waals surface area (Å²) in [6.07, 6.45) is 0. The summed E-state index contributed by atoms with van der Waals surface area (Å²) in [5, 5.41) is 9.53. The van der Waals surface area contributed by atoms with Crippen molar-refractivity contribution < 1.29 is 4.42 Å². The lowest BCUT2D eigenvalue weighted by Gasteiger charge is -2.27. The number of anilines is 3. The second-order valence-electron chi connectivity index (χ2n) is 12.9. The number of hydrogen-bond donors (Lipinski definition) is 0. The predicted molar refractivity (Wildman–Crippen MR) is 212 cm³/mol. The lowest BCUT2D eigenvalue weighted by Crippen LogP contribution is -2.10. The third kappa shape index (κ3) is 4.65. The topological polar surface area (TPSA) is 16.4 Å². The first-order valence-corrected chi connectivity index (χ1v) is 17.1. The molecule has 2 nitrogen and oxygen atoms in total. The molecule has 234 valence electrons. The van der Waals surface area contributed by atoms with Gasteiger partial charge in [0, 0.05) is 22.1 Å². The first-order chi connectivity index (χ1) is 24.8. The Balaban J connectivity index is 1.17. The summed E-state index contributed by atoms with van der Waals surface area (Å²) in [5.41, 5.74) is 9.77. The summed E-state index contributed by atoms with van der Waals surface area (Å²) >= 11 is 0. The minimum atomic E-state index is 0.887. The van der Waals surface area contributed by atoms with Gasteiger partial charge in [0.2, 0.25) is 0 Å². The summed E-state index contributed by atoms with van der Waals surface area (Å²) in [7, 11) is 0. The molecule has 2 heteroatoms. The van der Waals surface area contributed by atoms with Crippen LogP contribution in [0.2, 0.25) is 0 Å². The molecule has 0 amide bonds. The van der Waals surface area contributed by atoms with Crippen LogP contribution in [0.3, 0.4) is 0 Å². The highest BCUT2D eigenvalue weighted by Gasteiger charge is 2.22. The highest BCUT2D eigenvalue weighted by molar-refractivity contribution is 6.22. The fraction of sp³-hybridized carbons (Fsp3) is 0. The lowest BCUT2D eigenvalue weighted by molar-refractivity contribution is 0.672. The van der Waals surface area contributed by atoms with E-state index in [1.165, 1.54) is 43.8 Å². The first-order valence-electron chi connectivity index (χ1n) is 17.1. The van der Waals surface area contributed by atoms with E-state index in [1.807, 2.05) is 6.07 Å². The van der Waals surface area contributed by atoms with Gasteiger partial charge in [-0.25, -0.2) is 0 Å². The largest absolute Gasteiger partial charge is 0.455 e. The van der Waals surface area contributed by atoms with E-state index in [-0.39, 0.29) is 0 Å². The van der Waals surface area contributed by atoms with E-state index in [4.69, 9.17) is 4.42 Å². The summed E-state index contributed by atoms with van der Waals surface area (Å²) < 4.78 is 6.63. The summed E-state index contributed by atoms with van der Waals surface area (Å²) in [4.78, 5) is 2.39. The van der Waals surface area contributed by atoms with Gasteiger partial charge in [-0.1, -0.05) is 146 Å². The van der Waals surface area contributed by atoms with Crippen LogP contribution in [0.25, 0.3) is 76.5 Å². The van der Waals surface area contributed by atoms with Gasteiger partial charge in [-0.2, -0.15) is 0 Å². The number of nitrogens with zero attached hydrogens (tertiary/aromatic N) is 1. The highest BCUT2D eigenvalue weighted by atomic mass is 16.3. The quantitative estimate of drug-likeness (QED) is 0.175. The minimum absolute atomic E-state index is 0.887. The van der Waals surface area contributed by atoms with Gasteiger partial charge in [0.1, 0.15) is 11.2 Å². The molecule has 9 aromatic carbocycles. The van der Waals surface area contributed by atoms with Crippen molar-refractivity contribution in [3.8, 4) is 22.3 Å². The van der Waals surface area contributed by atoms with Crippen LogP contribution < -0.4 is 4.90 Å². The van der Waals surface area contributed by atoms with E-state index in [2.05, 4.69) is 187 Å². The third-order valence-electron chi connectivity index (χ3n) is 10.0. The van der Waals surface area contributed by atoms with E-state index in [9.17, 15) is 0 Å².